The number of nitrogens with zero attached hydrogens (tertiary/aromatic N) is 1. The second kappa shape index (κ2) is 8.93. The van der Waals surface area contributed by atoms with Crippen LogP contribution >= 0.6 is 0 Å². The molecule has 1 unspecified atom stereocenters. The third-order valence-electron chi connectivity index (χ3n) is 5.34. The van der Waals surface area contributed by atoms with Crippen LogP contribution in [0.1, 0.15) is 51.0 Å². The van der Waals surface area contributed by atoms with Crippen molar-refractivity contribution in [3.63, 3.8) is 0 Å². The highest BCUT2D eigenvalue weighted by Crippen LogP contribution is 2.40. The first kappa shape index (κ1) is 20.0. The third-order valence-corrected chi connectivity index (χ3v) is 5.34. The average molecular weight is 379 g/mol. The van der Waals surface area contributed by atoms with Crippen LogP contribution in [0.4, 0.5) is 8.78 Å². The zero-order valence-electron chi connectivity index (χ0n) is 15.8. The molecule has 0 radical (unpaired) electrons. The molecule has 1 heterocycles. The number of aliphatic hydroxyl groups excluding tert-OH is 1. The highest BCUT2D eigenvalue weighted by Gasteiger charge is 2.27. The number of aromatic nitrogens is 1. The van der Waals surface area contributed by atoms with Crippen LogP contribution in [0.5, 0.6) is 5.75 Å². The fourth-order valence-corrected chi connectivity index (χ4v) is 3.60. The molecule has 4 nitrogen and oxygen atoms in total. The molecule has 0 aliphatic heterocycles. The molecule has 0 spiro atoms. The van der Waals surface area contributed by atoms with Gasteiger partial charge in [-0.25, -0.2) is 0 Å². The summed E-state index contributed by atoms with van der Waals surface area (Å²) in [5.41, 5.74) is 1.47. The van der Waals surface area contributed by atoms with Crippen molar-refractivity contribution >= 4 is 10.9 Å². The van der Waals surface area contributed by atoms with Crippen LogP contribution in [0.25, 0.3) is 10.9 Å². The van der Waals surface area contributed by atoms with Gasteiger partial charge in [0.05, 0.1) is 24.3 Å². The Kier molecular flexibility index (Phi) is 6.60. The van der Waals surface area contributed by atoms with Gasteiger partial charge in [0, 0.05) is 17.6 Å². The van der Waals surface area contributed by atoms with Gasteiger partial charge in [-0.3, -0.25) is 4.98 Å². The summed E-state index contributed by atoms with van der Waals surface area (Å²) in [6, 6.07) is 7.30. The van der Waals surface area contributed by atoms with E-state index in [9.17, 15) is 13.9 Å². The number of hydrogen-bond donors (Lipinski definition) is 1. The molecule has 1 atom stereocenters. The maximum atomic E-state index is 12.9. The number of fused-ring (bicyclic) bond motifs is 1. The summed E-state index contributed by atoms with van der Waals surface area (Å²) in [5, 5.41) is 10.8. The molecule has 0 amide bonds. The monoisotopic (exact) mass is 379 g/mol. The first-order valence-electron chi connectivity index (χ1n) is 9.57. The van der Waals surface area contributed by atoms with Crippen molar-refractivity contribution in [1.29, 1.82) is 0 Å². The van der Waals surface area contributed by atoms with E-state index in [0.717, 1.165) is 36.6 Å². The van der Waals surface area contributed by atoms with E-state index in [1.807, 2.05) is 32.0 Å². The molecule has 2 aromatic rings. The van der Waals surface area contributed by atoms with E-state index in [4.69, 9.17) is 9.47 Å². The van der Waals surface area contributed by atoms with Crippen LogP contribution in [0.2, 0.25) is 0 Å². The van der Waals surface area contributed by atoms with Crippen LogP contribution < -0.4 is 4.74 Å². The average Bonchev–Trinajstić information content (AvgIpc) is 2.65. The van der Waals surface area contributed by atoms with Gasteiger partial charge in [-0.15, -0.1) is 0 Å². The molecule has 1 aromatic carbocycles. The van der Waals surface area contributed by atoms with Crippen molar-refractivity contribution in [1.82, 2.24) is 4.98 Å². The standard InChI is InChI=1S/C21H27F2NO3/c1-13(2)19(25)12-26-16-7-5-14(6-8-16)17-10-15-4-3-9-24-18(15)11-20(17)27-21(22)23/h3-4,9-11,13-14,16,19,21,25H,5-8,12H2,1-2H3. The van der Waals surface area contributed by atoms with Gasteiger partial charge < -0.3 is 14.6 Å². The van der Waals surface area contributed by atoms with Gasteiger partial charge in [-0.2, -0.15) is 8.78 Å². The predicted molar refractivity (Wildman–Crippen MR) is 100 cm³/mol. The molecule has 1 aliphatic carbocycles. The van der Waals surface area contributed by atoms with Crippen molar-refractivity contribution in [3.05, 3.63) is 36.0 Å². The number of alkyl halides is 2. The minimum Gasteiger partial charge on any atom is -0.434 e. The number of ether oxygens (including phenoxy) is 2. The van der Waals surface area contributed by atoms with Gasteiger partial charge in [0.1, 0.15) is 5.75 Å². The molecule has 1 aliphatic rings. The van der Waals surface area contributed by atoms with Gasteiger partial charge in [-0.05, 0) is 55.2 Å². The SMILES string of the molecule is CC(C)C(O)COC1CCC(c2cc3cccnc3cc2OC(F)F)CC1. The summed E-state index contributed by atoms with van der Waals surface area (Å²) in [7, 11) is 0. The Morgan fingerprint density at radius 3 is 2.59 bits per heavy atom. The van der Waals surface area contributed by atoms with E-state index in [0.29, 0.717) is 12.1 Å². The minimum atomic E-state index is -2.86. The summed E-state index contributed by atoms with van der Waals surface area (Å²) in [4.78, 5) is 4.23. The molecule has 0 bridgehead atoms. The zero-order chi connectivity index (χ0) is 19.4. The van der Waals surface area contributed by atoms with E-state index in [1.54, 1.807) is 12.3 Å². The lowest BCUT2D eigenvalue weighted by Crippen LogP contribution is -2.28. The van der Waals surface area contributed by atoms with Crippen LogP contribution in [-0.4, -0.2) is 35.5 Å². The summed E-state index contributed by atoms with van der Waals surface area (Å²) in [5.74, 6) is 0.538. The summed E-state index contributed by atoms with van der Waals surface area (Å²) < 4.78 is 36.4. The Morgan fingerprint density at radius 2 is 1.93 bits per heavy atom. The van der Waals surface area contributed by atoms with Crippen LogP contribution in [0.15, 0.2) is 30.5 Å². The highest BCUT2D eigenvalue weighted by atomic mass is 19.3. The molecule has 3 rings (SSSR count). The van der Waals surface area contributed by atoms with Gasteiger partial charge in [0.15, 0.2) is 0 Å². The lowest BCUT2D eigenvalue weighted by atomic mass is 9.82. The number of benzene rings is 1. The number of pyridine rings is 1. The Labute approximate surface area is 158 Å². The lowest BCUT2D eigenvalue weighted by molar-refractivity contribution is -0.0516. The number of rotatable bonds is 7. The minimum absolute atomic E-state index is 0.108. The molecule has 6 heteroatoms. The van der Waals surface area contributed by atoms with Crippen LogP contribution in [0, 0.1) is 5.92 Å². The highest BCUT2D eigenvalue weighted by molar-refractivity contribution is 5.81. The number of aliphatic hydroxyl groups is 1. The Bertz CT molecular complexity index is 745. The Hall–Kier alpha value is -1.79. The summed E-state index contributed by atoms with van der Waals surface area (Å²) >= 11 is 0. The van der Waals surface area contributed by atoms with E-state index >= 15 is 0 Å². The topological polar surface area (TPSA) is 51.6 Å². The molecule has 1 N–H and O–H groups in total. The Morgan fingerprint density at radius 1 is 1.19 bits per heavy atom. The fourth-order valence-electron chi connectivity index (χ4n) is 3.60. The quantitative estimate of drug-likeness (QED) is 0.744. The van der Waals surface area contributed by atoms with E-state index in [1.165, 1.54) is 0 Å². The van der Waals surface area contributed by atoms with Crippen molar-refractivity contribution in [2.45, 2.75) is 64.3 Å². The summed E-state index contributed by atoms with van der Waals surface area (Å²) in [6.45, 7) is 1.41. The molecule has 0 saturated heterocycles. The predicted octanol–water partition coefficient (Wildman–Crippen LogP) is 4.90. The first-order valence-corrected chi connectivity index (χ1v) is 9.57. The number of halogens is 2. The van der Waals surface area contributed by atoms with E-state index in [2.05, 4.69) is 4.98 Å². The van der Waals surface area contributed by atoms with Crippen molar-refractivity contribution < 1.29 is 23.4 Å². The van der Waals surface area contributed by atoms with E-state index < -0.39 is 12.7 Å². The van der Waals surface area contributed by atoms with Gasteiger partial charge in [-0.1, -0.05) is 19.9 Å². The smallest absolute Gasteiger partial charge is 0.387 e. The first-order chi connectivity index (χ1) is 12.9. The van der Waals surface area contributed by atoms with Crippen LogP contribution in [-0.2, 0) is 4.74 Å². The maximum absolute atomic E-state index is 12.9. The van der Waals surface area contributed by atoms with Crippen molar-refractivity contribution in [3.8, 4) is 5.75 Å². The zero-order valence-corrected chi connectivity index (χ0v) is 15.8. The lowest BCUT2D eigenvalue weighted by Gasteiger charge is -2.30. The largest absolute Gasteiger partial charge is 0.434 e. The van der Waals surface area contributed by atoms with E-state index in [-0.39, 0.29) is 23.7 Å². The Balaban J connectivity index is 1.70. The second-order valence-electron chi connectivity index (χ2n) is 7.58. The van der Waals surface area contributed by atoms with Gasteiger partial charge in [0.25, 0.3) is 0 Å². The maximum Gasteiger partial charge on any atom is 0.387 e. The van der Waals surface area contributed by atoms with Crippen LogP contribution in [0.3, 0.4) is 0 Å². The van der Waals surface area contributed by atoms with Gasteiger partial charge in [0.2, 0.25) is 0 Å². The second-order valence-corrected chi connectivity index (χ2v) is 7.58. The molecular formula is C21H27F2NO3. The fraction of sp³-hybridized carbons (Fsp3) is 0.571. The molecule has 148 valence electrons. The van der Waals surface area contributed by atoms with Gasteiger partial charge >= 0.3 is 6.61 Å². The normalized spacial score (nSPS) is 21.7. The molecule has 1 saturated carbocycles. The number of hydrogen-bond acceptors (Lipinski definition) is 4. The third kappa shape index (κ3) is 5.14. The van der Waals surface area contributed by atoms with Crippen molar-refractivity contribution in [2.24, 2.45) is 5.92 Å². The molecule has 1 aromatic heterocycles. The van der Waals surface area contributed by atoms with Crippen molar-refractivity contribution in [2.75, 3.05) is 6.61 Å². The molecular weight excluding hydrogens is 352 g/mol. The molecule has 1 fully saturated rings. The summed E-state index contributed by atoms with van der Waals surface area (Å²) in [6.07, 6.45) is 4.66. The molecule has 27 heavy (non-hydrogen) atoms.